The maximum Gasteiger partial charge on any atom is 0.262 e. The Morgan fingerprint density at radius 3 is 2.40 bits per heavy atom. The molecule has 1 aromatic carbocycles. The van der Waals surface area contributed by atoms with Crippen molar-refractivity contribution in [2.24, 2.45) is 0 Å². The van der Waals surface area contributed by atoms with E-state index in [2.05, 4.69) is 24.6 Å². The van der Waals surface area contributed by atoms with Crippen LogP contribution in [-0.4, -0.2) is 50.6 Å². The fourth-order valence-corrected chi connectivity index (χ4v) is 4.40. The molecule has 1 aliphatic rings. The van der Waals surface area contributed by atoms with Crippen molar-refractivity contribution in [1.29, 1.82) is 0 Å². The number of sulfonamides is 1. The third-order valence-corrected chi connectivity index (χ3v) is 6.27. The molecule has 0 radical (unpaired) electrons. The molecule has 10 heteroatoms. The lowest BCUT2D eigenvalue weighted by Crippen LogP contribution is -2.24. The zero-order chi connectivity index (χ0) is 21.3. The number of oxazole rings is 1. The van der Waals surface area contributed by atoms with Gasteiger partial charge in [0.2, 0.25) is 5.95 Å². The quantitative estimate of drug-likeness (QED) is 0.639. The van der Waals surface area contributed by atoms with Gasteiger partial charge in [-0.3, -0.25) is 4.72 Å². The number of hydrogen-bond donors (Lipinski definition) is 1. The summed E-state index contributed by atoms with van der Waals surface area (Å²) in [6.07, 6.45) is 5.29. The predicted octanol–water partition coefficient (Wildman–Crippen LogP) is 2.91. The molecule has 0 bridgehead atoms. The van der Waals surface area contributed by atoms with E-state index in [0.29, 0.717) is 29.0 Å². The van der Waals surface area contributed by atoms with E-state index in [-0.39, 0.29) is 4.90 Å². The summed E-state index contributed by atoms with van der Waals surface area (Å²) in [5.74, 6) is 1.69. The third kappa shape index (κ3) is 4.09. The van der Waals surface area contributed by atoms with Crippen molar-refractivity contribution < 1.29 is 12.8 Å². The summed E-state index contributed by atoms with van der Waals surface area (Å²) in [7, 11) is -0.165. The number of aryl methyl sites for hydroxylation is 1. The number of nitrogens with zero attached hydrogens (tertiary/aromatic N) is 5. The molecule has 0 atom stereocenters. The number of benzene rings is 1. The monoisotopic (exact) mass is 428 g/mol. The van der Waals surface area contributed by atoms with E-state index in [1.165, 1.54) is 18.3 Å². The number of aromatic nitrogens is 3. The fraction of sp³-hybridized carbons (Fsp3) is 0.350. The molecule has 3 heterocycles. The van der Waals surface area contributed by atoms with Gasteiger partial charge >= 0.3 is 0 Å². The van der Waals surface area contributed by atoms with E-state index in [0.717, 1.165) is 31.5 Å². The summed E-state index contributed by atoms with van der Waals surface area (Å²) >= 11 is 0. The van der Waals surface area contributed by atoms with Gasteiger partial charge in [0.05, 0.1) is 11.1 Å². The Kier molecular flexibility index (Phi) is 5.33. The van der Waals surface area contributed by atoms with Gasteiger partial charge in [0.15, 0.2) is 11.7 Å². The molecule has 1 aliphatic heterocycles. The first-order valence-corrected chi connectivity index (χ1v) is 11.2. The average Bonchev–Trinajstić information content (AvgIpc) is 3.40. The van der Waals surface area contributed by atoms with Gasteiger partial charge in [0, 0.05) is 39.7 Å². The van der Waals surface area contributed by atoms with E-state index in [1.807, 2.05) is 14.1 Å². The molecule has 0 spiro atoms. The standard InChI is InChI=1S/C20H24N6O3S/c1-14-22-18(13-29-14)15-6-8-16(9-7-15)30(27,28)24-17-12-21-20(23-19(17)25(2)3)26-10-4-5-11-26/h6-9,12-13,24H,4-5,10-11H2,1-3H3. The van der Waals surface area contributed by atoms with Crippen LogP contribution in [0.5, 0.6) is 0 Å². The van der Waals surface area contributed by atoms with Gasteiger partial charge in [-0.15, -0.1) is 0 Å². The summed E-state index contributed by atoms with van der Waals surface area (Å²) in [6, 6.07) is 6.48. The molecular weight excluding hydrogens is 404 g/mol. The number of anilines is 3. The van der Waals surface area contributed by atoms with Crippen molar-refractivity contribution in [1.82, 2.24) is 15.0 Å². The van der Waals surface area contributed by atoms with Gasteiger partial charge in [0.1, 0.15) is 17.6 Å². The lowest BCUT2D eigenvalue weighted by atomic mass is 10.2. The summed E-state index contributed by atoms with van der Waals surface area (Å²) in [6.45, 7) is 3.58. The predicted molar refractivity (Wildman–Crippen MR) is 115 cm³/mol. The van der Waals surface area contributed by atoms with Crippen LogP contribution in [0.3, 0.4) is 0 Å². The van der Waals surface area contributed by atoms with Crippen molar-refractivity contribution >= 4 is 27.5 Å². The second-order valence-corrected chi connectivity index (χ2v) is 9.06. The molecule has 158 valence electrons. The first-order chi connectivity index (χ1) is 14.3. The average molecular weight is 429 g/mol. The zero-order valence-corrected chi connectivity index (χ0v) is 18.0. The van der Waals surface area contributed by atoms with Gasteiger partial charge in [-0.25, -0.2) is 18.4 Å². The Morgan fingerprint density at radius 1 is 1.10 bits per heavy atom. The highest BCUT2D eigenvalue weighted by atomic mass is 32.2. The minimum Gasteiger partial charge on any atom is -0.449 e. The molecule has 0 amide bonds. The van der Waals surface area contributed by atoms with Crippen LogP contribution >= 0.6 is 0 Å². The van der Waals surface area contributed by atoms with Crippen LogP contribution in [0.25, 0.3) is 11.3 Å². The molecule has 0 aliphatic carbocycles. The molecule has 4 rings (SSSR count). The van der Waals surface area contributed by atoms with Crippen LogP contribution in [0.1, 0.15) is 18.7 Å². The molecule has 2 aromatic heterocycles. The lowest BCUT2D eigenvalue weighted by molar-refractivity contribution is 0.521. The summed E-state index contributed by atoms with van der Waals surface area (Å²) in [5, 5.41) is 0. The normalized spacial score (nSPS) is 14.2. The Labute approximate surface area is 175 Å². The van der Waals surface area contributed by atoms with E-state index in [4.69, 9.17) is 4.42 Å². The molecule has 30 heavy (non-hydrogen) atoms. The van der Waals surface area contributed by atoms with Crippen molar-refractivity contribution in [3.05, 3.63) is 42.6 Å². The SMILES string of the molecule is Cc1nc(-c2ccc(S(=O)(=O)Nc3cnc(N4CCCC4)nc3N(C)C)cc2)co1. The Balaban J connectivity index is 1.59. The van der Waals surface area contributed by atoms with Crippen LogP contribution in [0, 0.1) is 6.92 Å². The van der Waals surface area contributed by atoms with Gasteiger partial charge in [-0.05, 0) is 25.0 Å². The molecule has 3 aromatic rings. The van der Waals surface area contributed by atoms with E-state index >= 15 is 0 Å². The zero-order valence-electron chi connectivity index (χ0n) is 17.2. The van der Waals surface area contributed by atoms with Crippen LogP contribution in [0.15, 0.2) is 46.0 Å². The highest BCUT2D eigenvalue weighted by Gasteiger charge is 2.21. The summed E-state index contributed by atoms with van der Waals surface area (Å²) < 4.78 is 33.7. The molecule has 1 fully saturated rings. The van der Waals surface area contributed by atoms with Gasteiger partial charge < -0.3 is 14.2 Å². The second-order valence-electron chi connectivity index (χ2n) is 7.38. The summed E-state index contributed by atoms with van der Waals surface area (Å²) in [5.41, 5.74) is 1.77. The van der Waals surface area contributed by atoms with Crippen LogP contribution < -0.4 is 14.5 Å². The second kappa shape index (κ2) is 7.94. The maximum absolute atomic E-state index is 12.9. The summed E-state index contributed by atoms with van der Waals surface area (Å²) in [4.78, 5) is 17.2. The number of nitrogens with one attached hydrogen (secondary N) is 1. The van der Waals surface area contributed by atoms with Crippen LogP contribution in [0.4, 0.5) is 17.5 Å². The fourth-order valence-electron chi connectivity index (χ4n) is 3.35. The minimum atomic E-state index is -3.81. The molecule has 1 N–H and O–H groups in total. The molecule has 0 saturated carbocycles. The lowest BCUT2D eigenvalue weighted by Gasteiger charge is -2.21. The van der Waals surface area contributed by atoms with Crippen molar-refractivity contribution in [3.63, 3.8) is 0 Å². The van der Waals surface area contributed by atoms with E-state index in [1.54, 1.807) is 30.2 Å². The highest BCUT2D eigenvalue weighted by molar-refractivity contribution is 7.92. The van der Waals surface area contributed by atoms with Gasteiger partial charge in [-0.2, -0.15) is 4.98 Å². The first kappa shape index (κ1) is 20.1. The topological polar surface area (TPSA) is 104 Å². The van der Waals surface area contributed by atoms with Crippen LogP contribution in [0.2, 0.25) is 0 Å². The molecule has 0 unspecified atom stereocenters. The van der Waals surface area contributed by atoms with E-state index < -0.39 is 10.0 Å². The minimum absolute atomic E-state index is 0.139. The van der Waals surface area contributed by atoms with E-state index in [9.17, 15) is 8.42 Å². The van der Waals surface area contributed by atoms with Gasteiger partial charge in [-0.1, -0.05) is 12.1 Å². The molecular formula is C20H24N6O3S. The van der Waals surface area contributed by atoms with Crippen molar-refractivity contribution in [3.8, 4) is 11.3 Å². The molecule has 9 nitrogen and oxygen atoms in total. The van der Waals surface area contributed by atoms with Crippen molar-refractivity contribution in [2.75, 3.05) is 41.7 Å². The Morgan fingerprint density at radius 2 is 1.80 bits per heavy atom. The number of hydrogen-bond acceptors (Lipinski definition) is 8. The largest absolute Gasteiger partial charge is 0.449 e. The smallest absolute Gasteiger partial charge is 0.262 e. The maximum atomic E-state index is 12.9. The Bertz CT molecular complexity index is 1140. The van der Waals surface area contributed by atoms with Crippen LogP contribution in [-0.2, 0) is 10.0 Å². The van der Waals surface area contributed by atoms with Gasteiger partial charge in [0.25, 0.3) is 10.0 Å². The highest BCUT2D eigenvalue weighted by Crippen LogP contribution is 2.28. The first-order valence-electron chi connectivity index (χ1n) is 9.68. The third-order valence-electron chi connectivity index (χ3n) is 4.89. The number of rotatable bonds is 6. The Hall–Kier alpha value is -3.14. The van der Waals surface area contributed by atoms with Crippen molar-refractivity contribution in [2.45, 2.75) is 24.7 Å². The molecule has 1 saturated heterocycles.